The summed E-state index contributed by atoms with van der Waals surface area (Å²) in [6.45, 7) is 2.11. The van der Waals surface area contributed by atoms with Gasteiger partial charge in [0, 0.05) is 25.6 Å². The summed E-state index contributed by atoms with van der Waals surface area (Å²) in [5.41, 5.74) is 3.96. The number of amides is 1. The molecule has 0 spiro atoms. The Kier molecular flexibility index (Phi) is 5.86. The van der Waals surface area contributed by atoms with Crippen LogP contribution in [0.4, 0.5) is 13.2 Å². The maximum Gasteiger partial charge on any atom is 0.573 e. The van der Waals surface area contributed by atoms with Crippen molar-refractivity contribution in [2.45, 2.75) is 38.3 Å². The van der Waals surface area contributed by atoms with E-state index in [0.717, 1.165) is 18.7 Å². The van der Waals surface area contributed by atoms with E-state index in [1.807, 2.05) is 6.07 Å². The predicted molar refractivity (Wildman–Crippen MR) is 100 cm³/mol. The third kappa shape index (κ3) is 4.59. The fourth-order valence-electron chi connectivity index (χ4n) is 3.61. The molecule has 2 aromatic rings. The summed E-state index contributed by atoms with van der Waals surface area (Å²) >= 11 is 0. The second-order valence-electron chi connectivity index (χ2n) is 6.96. The van der Waals surface area contributed by atoms with Crippen LogP contribution in [0, 0.1) is 5.92 Å². The number of hydrogen-bond donors (Lipinski definition) is 2. The highest BCUT2D eigenvalue weighted by atomic mass is 35.5. The molecule has 2 aliphatic rings. The van der Waals surface area contributed by atoms with Crippen LogP contribution in [-0.2, 0) is 24.4 Å². The summed E-state index contributed by atoms with van der Waals surface area (Å²) in [7, 11) is 0. The van der Waals surface area contributed by atoms with Gasteiger partial charge in [-0.1, -0.05) is 36.4 Å². The predicted octanol–water partition coefficient (Wildman–Crippen LogP) is 4.03. The highest BCUT2D eigenvalue weighted by Crippen LogP contribution is 2.51. The Morgan fingerprint density at radius 3 is 2.68 bits per heavy atom. The van der Waals surface area contributed by atoms with Gasteiger partial charge in [-0.05, 0) is 40.7 Å². The van der Waals surface area contributed by atoms with E-state index in [2.05, 4.69) is 27.5 Å². The third-order valence-electron chi connectivity index (χ3n) is 5.04. The molecular formula is C20H20ClF3N2O2. The van der Waals surface area contributed by atoms with Crippen molar-refractivity contribution in [3.63, 3.8) is 0 Å². The Morgan fingerprint density at radius 1 is 1.14 bits per heavy atom. The van der Waals surface area contributed by atoms with Crippen molar-refractivity contribution in [2.75, 3.05) is 0 Å². The SMILES string of the molecule is Cl.O=C(NCc1ccc2c(c1)CNC2)C1CC1c1ccccc1OC(F)(F)F. The molecule has 2 unspecified atom stereocenters. The molecule has 2 N–H and O–H groups in total. The standard InChI is InChI=1S/C20H19F3N2O2.ClH/c21-20(22,23)27-18-4-2-1-3-15(18)16-8-17(16)19(26)25-9-12-5-6-13-10-24-11-14(13)7-12;/h1-7,16-17,24H,8-11H2,(H,25,26);1H. The van der Waals surface area contributed by atoms with Gasteiger partial charge >= 0.3 is 6.36 Å². The van der Waals surface area contributed by atoms with Gasteiger partial charge in [0.2, 0.25) is 5.91 Å². The number of nitrogens with one attached hydrogen (secondary N) is 2. The van der Waals surface area contributed by atoms with E-state index in [4.69, 9.17) is 0 Å². The lowest BCUT2D eigenvalue weighted by Gasteiger charge is -2.13. The molecule has 1 heterocycles. The van der Waals surface area contributed by atoms with E-state index in [1.165, 1.54) is 23.3 Å². The van der Waals surface area contributed by atoms with Crippen molar-refractivity contribution in [1.29, 1.82) is 0 Å². The quantitative estimate of drug-likeness (QED) is 0.779. The first-order valence-corrected chi connectivity index (χ1v) is 8.84. The number of halogens is 4. The van der Waals surface area contributed by atoms with Crippen molar-refractivity contribution >= 4 is 18.3 Å². The van der Waals surface area contributed by atoms with Gasteiger partial charge in [-0.15, -0.1) is 25.6 Å². The average molecular weight is 413 g/mol. The second kappa shape index (κ2) is 8.01. The van der Waals surface area contributed by atoms with Crippen LogP contribution < -0.4 is 15.4 Å². The lowest BCUT2D eigenvalue weighted by atomic mass is 10.1. The van der Waals surface area contributed by atoms with Gasteiger partial charge < -0.3 is 15.4 Å². The first-order valence-electron chi connectivity index (χ1n) is 8.84. The van der Waals surface area contributed by atoms with Crippen LogP contribution >= 0.6 is 12.4 Å². The summed E-state index contributed by atoms with van der Waals surface area (Å²) in [6.07, 6.45) is -4.22. The Hall–Kier alpha value is -2.25. The van der Waals surface area contributed by atoms with E-state index in [0.29, 0.717) is 18.5 Å². The maximum atomic E-state index is 12.6. The molecule has 0 saturated heterocycles. The van der Waals surface area contributed by atoms with Crippen LogP contribution in [0.25, 0.3) is 0 Å². The van der Waals surface area contributed by atoms with Crippen molar-refractivity contribution in [3.05, 3.63) is 64.7 Å². The van der Waals surface area contributed by atoms with Crippen molar-refractivity contribution in [1.82, 2.24) is 10.6 Å². The molecule has 4 nitrogen and oxygen atoms in total. The summed E-state index contributed by atoms with van der Waals surface area (Å²) in [4.78, 5) is 12.4. The first kappa shape index (κ1) is 20.5. The molecule has 1 amide bonds. The van der Waals surface area contributed by atoms with E-state index in [-0.39, 0.29) is 35.9 Å². The summed E-state index contributed by atoms with van der Waals surface area (Å²) in [5.74, 6) is -0.927. The van der Waals surface area contributed by atoms with Crippen LogP contribution in [0.5, 0.6) is 5.75 Å². The number of rotatable bonds is 5. The van der Waals surface area contributed by atoms with E-state index >= 15 is 0 Å². The van der Waals surface area contributed by atoms with E-state index in [1.54, 1.807) is 12.1 Å². The number of ether oxygens (including phenoxy) is 1. The largest absolute Gasteiger partial charge is 0.573 e. The Labute approximate surface area is 166 Å². The highest BCUT2D eigenvalue weighted by Gasteiger charge is 2.46. The molecule has 1 saturated carbocycles. The minimum atomic E-state index is -4.74. The smallest absolute Gasteiger partial charge is 0.405 e. The first-order chi connectivity index (χ1) is 12.9. The topological polar surface area (TPSA) is 50.4 Å². The number of carbonyl (C=O) groups is 1. The molecule has 28 heavy (non-hydrogen) atoms. The number of para-hydroxylation sites is 1. The Bertz CT molecular complexity index is 873. The molecule has 2 aromatic carbocycles. The number of alkyl halides is 3. The number of benzene rings is 2. The number of carbonyl (C=O) groups excluding carboxylic acids is 1. The van der Waals surface area contributed by atoms with Gasteiger partial charge in [0.25, 0.3) is 0 Å². The van der Waals surface area contributed by atoms with Crippen molar-refractivity contribution in [3.8, 4) is 5.75 Å². The van der Waals surface area contributed by atoms with Gasteiger partial charge in [-0.2, -0.15) is 0 Å². The molecule has 1 fully saturated rings. The molecule has 0 radical (unpaired) electrons. The van der Waals surface area contributed by atoms with Crippen LogP contribution in [-0.4, -0.2) is 12.3 Å². The van der Waals surface area contributed by atoms with Gasteiger partial charge in [0.15, 0.2) is 0 Å². The fraction of sp³-hybridized carbons (Fsp3) is 0.350. The fourth-order valence-corrected chi connectivity index (χ4v) is 3.61. The summed E-state index contributed by atoms with van der Waals surface area (Å²) in [5, 5.41) is 6.17. The summed E-state index contributed by atoms with van der Waals surface area (Å²) in [6, 6.07) is 12.1. The van der Waals surface area contributed by atoms with Crippen molar-refractivity contribution in [2.24, 2.45) is 5.92 Å². The minimum absolute atomic E-state index is 0. The third-order valence-corrected chi connectivity index (χ3v) is 5.04. The zero-order valence-corrected chi connectivity index (χ0v) is 15.7. The zero-order chi connectivity index (χ0) is 19.0. The normalized spacial score (nSPS) is 20.1. The molecule has 1 aliphatic carbocycles. The Balaban J connectivity index is 0.00000225. The Morgan fingerprint density at radius 2 is 1.89 bits per heavy atom. The molecule has 0 aromatic heterocycles. The lowest BCUT2D eigenvalue weighted by molar-refractivity contribution is -0.274. The molecule has 2 atom stereocenters. The minimum Gasteiger partial charge on any atom is -0.405 e. The van der Waals surface area contributed by atoms with Crippen LogP contribution in [0.1, 0.15) is 34.6 Å². The van der Waals surface area contributed by atoms with E-state index < -0.39 is 6.36 Å². The van der Waals surface area contributed by atoms with Gasteiger partial charge in [-0.3, -0.25) is 4.79 Å². The van der Waals surface area contributed by atoms with Crippen LogP contribution in [0.15, 0.2) is 42.5 Å². The maximum absolute atomic E-state index is 12.6. The molecule has 0 bridgehead atoms. The van der Waals surface area contributed by atoms with Crippen molar-refractivity contribution < 1.29 is 22.7 Å². The van der Waals surface area contributed by atoms with Gasteiger partial charge in [0.1, 0.15) is 5.75 Å². The molecule has 4 rings (SSSR count). The second-order valence-corrected chi connectivity index (χ2v) is 6.96. The van der Waals surface area contributed by atoms with E-state index in [9.17, 15) is 18.0 Å². The van der Waals surface area contributed by atoms with Gasteiger partial charge in [0.05, 0.1) is 0 Å². The molecule has 1 aliphatic heterocycles. The highest BCUT2D eigenvalue weighted by molar-refractivity contribution is 5.85. The zero-order valence-electron chi connectivity index (χ0n) is 14.9. The molecular weight excluding hydrogens is 393 g/mol. The van der Waals surface area contributed by atoms with Gasteiger partial charge in [-0.25, -0.2) is 0 Å². The average Bonchev–Trinajstić information content (AvgIpc) is 3.28. The number of fused-ring (bicyclic) bond motifs is 1. The van der Waals surface area contributed by atoms with Crippen LogP contribution in [0.2, 0.25) is 0 Å². The number of hydrogen-bond acceptors (Lipinski definition) is 3. The van der Waals surface area contributed by atoms with Crippen LogP contribution in [0.3, 0.4) is 0 Å². The summed E-state index contributed by atoms with van der Waals surface area (Å²) < 4.78 is 41.8. The lowest BCUT2D eigenvalue weighted by Crippen LogP contribution is -2.25. The monoisotopic (exact) mass is 412 g/mol. The molecule has 8 heteroatoms. The molecule has 150 valence electrons.